The zero-order valence-electron chi connectivity index (χ0n) is 9.53. The smallest absolute Gasteiger partial charge is 0.204 e. The minimum absolute atomic E-state index is 0.193. The van der Waals surface area contributed by atoms with E-state index >= 15 is 0 Å². The lowest BCUT2D eigenvalue weighted by Crippen LogP contribution is -2.08. The van der Waals surface area contributed by atoms with E-state index in [-0.39, 0.29) is 6.07 Å². The van der Waals surface area contributed by atoms with Crippen molar-refractivity contribution in [3.63, 3.8) is 0 Å². The lowest BCUT2D eigenvalue weighted by Gasteiger charge is -2.13. The van der Waals surface area contributed by atoms with E-state index in [9.17, 15) is 30.7 Å². The van der Waals surface area contributed by atoms with Crippen LogP contribution in [-0.2, 0) is 6.18 Å². The van der Waals surface area contributed by atoms with Gasteiger partial charge in [-0.25, -0.2) is 17.6 Å². The van der Waals surface area contributed by atoms with Crippen LogP contribution in [0.15, 0.2) is 30.3 Å². The van der Waals surface area contributed by atoms with Crippen LogP contribution in [0, 0.1) is 23.3 Å². The van der Waals surface area contributed by atoms with E-state index in [4.69, 9.17) is 0 Å². The molecule has 0 fully saturated rings. The van der Waals surface area contributed by atoms with Gasteiger partial charge in [-0.05, 0) is 17.7 Å². The van der Waals surface area contributed by atoms with Gasteiger partial charge in [0.25, 0.3) is 0 Å². The predicted octanol–water partition coefficient (Wildman–Crippen LogP) is 4.93. The van der Waals surface area contributed by atoms with Gasteiger partial charge in [-0.1, -0.05) is 18.2 Å². The molecule has 106 valence electrons. The summed E-state index contributed by atoms with van der Waals surface area (Å²) in [5.41, 5.74) is -3.03. The minimum Gasteiger partial charge on any atom is -0.204 e. The second-order valence-electron chi connectivity index (χ2n) is 3.89. The van der Waals surface area contributed by atoms with Gasteiger partial charge >= 0.3 is 6.18 Å². The highest BCUT2D eigenvalue weighted by Gasteiger charge is 2.34. The quantitative estimate of drug-likeness (QED) is 0.397. The highest BCUT2D eigenvalue weighted by molar-refractivity contribution is 5.69. The Bertz CT molecular complexity index is 658. The Labute approximate surface area is 108 Å². The molecular weight excluding hydrogens is 289 g/mol. The van der Waals surface area contributed by atoms with E-state index in [1.807, 2.05) is 0 Å². The van der Waals surface area contributed by atoms with Crippen molar-refractivity contribution in [3.05, 3.63) is 59.2 Å². The summed E-state index contributed by atoms with van der Waals surface area (Å²) in [6.45, 7) is 0. The first kappa shape index (κ1) is 14.4. The van der Waals surface area contributed by atoms with Crippen LogP contribution < -0.4 is 0 Å². The molecule has 0 saturated heterocycles. The van der Waals surface area contributed by atoms with Crippen molar-refractivity contribution < 1.29 is 30.7 Å². The standard InChI is InChI=1S/C13H5F7/c14-9-5-7(10(15)12(17)11(9)16)6-3-1-2-4-8(6)13(18,19)20/h1-5H. The fourth-order valence-electron chi connectivity index (χ4n) is 1.73. The van der Waals surface area contributed by atoms with Gasteiger partial charge < -0.3 is 0 Å². The Kier molecular flexibility index (Phi) is 3.45. The minimum atomic E-state index is -4.84. The van der Waals surface area contributed by atoms with Crippen molar-refractivity contribution in [2.24, 2.45) is 0 Å². The normalized spacial score (nSPS) is 11.8. The van der Waals surface area contributed by atoms with Gasteiger partial charge in [0.1, 0.15) is 0 Å². The molecule has 0 aliphatic heterocycles. The summed E-state index contributed by atoms with van der Waals surface area (Å²) in [7, 11) is 0. The van der Waals surface area contributed by atoms with Gasteiger partial charge in [0, 0.05) is 5.56 Å². The van der Waals surface area contributed by atoms with Gasteiger partial charge in [0.2, 0.25) is 0 Å². The van der Waals surface area contributed by atoms with Crippen LogP contribution in [0.4, 0.5) is 30.7 Å². The summed E-state index contributed by atoms with van der Waals surface area (Å²) in [5, 5.41) is 0. The molecule has 2 aromatic rings. The average Bonchev–Trinajstić information content (AvgIpc) is 2.39. The van der Waals surface area contributed by atoms with Crippen molar-refractivity contribution in [2.75, 3.05) is 0 Å². The molecule has 0 unspecified atom stereocenters. The fraction of sp³-hybridized carbons (Fsp3) is 0.0769. The van der Waals surface area contributed by atoms with Gasteiger partial charge in [0.15, 0.2) is 23.3 Å². The maximum atomic E-state index is 13.5. The van der Waals surface area contributed by atoms with Crippen molar-refractivity contribution in [1.82, 2.24) is 0 Å². The summed E-state index contributed by atoms with van der Waals surface area (Å²) in [6, 6.07) is 3.86. The molecule has 20 heavy (non-hydrogen) atoms. The topological polar surface area (TPSA) is 0 Å². The second kappa shape index (κ2) is 4.81. The number of hydrogen-bond acceptors (Lipinski definition) is 0. The van der Waals surface area contributed by atoms with E-state index in [2.05, 4.69) is 0 Å². The van der Waals surface area contributed by atoms with Crippen molar-refractivity contribution in [3.8, 4) is 11.1 Å². The van der Waals surface area contributed by atoms with Crippen LogP contribution in [0.25, 0.3) is 11.1 Å². The summed E-state index contributed by atoms with van der Waals surface area (Å²) < 4.78 is 90.8. The predicted molar refractivity (Wildman–Crippen MR) is 56.7 cm³/mol. The molecule has 2 aromatic carbocycles. The molecule has 0 bridgehead atoms. The Morgan fingerprint density at radius 1 is 0.700 bits per heavy atom. The molecule has 0 nitrogen and oxygen atoms in total. The summed E-state index contributed by atoms with van der Waals surface area (Å²) >= 11 is 0. The van der Waals surface area contributed by atoms with Gasteiger partial charge in [-0.15, -0.1) is 0 Å². The van der Waals surface area contributed by atoms with Crippen LogP contribution in [0.2, 0.25) is 0 Å². The molecule has 0 aromatic heterocycles. The molecule has 0 N–H and O–H groups in total. The molecule has 0 amide bonds. The summed E-state index contributed by atoms with van der Waals surface area (Å²) in [6.07, 6.45) is -4.84. The van der Waals surface area contributed by atoms with Crippen molar-refractivity contribution in [2.45, 2.75) is 6.18 Å². The largest absolute Gasteiger partial charge is 0.417 e. The van der Waals surface area contributed by atoms with Crippen LogP contribution in [-0.4, -0.2) is 0 Å². The molecule has 0 aliphatic rings. The number of halogens is 7. The lowest BCUT2D eigenvalue weighted by molar-refractivity contribution is -0.137. The van der Waals surface area contributed by atoms with Crippen molar-refractivity contribution >= 4 is 0 Å². The monoisotopic (exact) mass is 294 g/mol. The molecule has 0 heterocycles. The van der Waals surface area contributed by atoms with E-state index in [0.29, 0.717) is 6.07 Å². The molecule has 0 spiro atoms. The third kappa shape index (κ3) is 2.35. The highest BCUT2D eigenvalue weighted by atomic mass is 19.4. The SMILES string of the molecule is Fc1cc(-c2ccccc2C(F)(F)F)c(F)c(F)c1F. The van der Waals surface area contributed by atoms with E-state index in [1.165, 1.54) is 0 Å². The molecule has 2 rings (SSSR count). The van der Waals surface area contributed by atoms with Crippen LogP contribution in [0.1, 0.15) is 5.56 Å². The second-order valence-corrected chi connectivity index (χ2v) is 3.89. The molecule has 0 aliphatic carbocycles. The first-order valence-electron chi connectivity index (χ1n) is 5.23. The average molecular weight is 294 g/mol. The number of benzene rings is 2. The van der Waals surface area contributed by atoms with Gasteiger partial charge in [0.05, 0.1) is 5.56 Å². The lowest BCUT2D eigenvalue weighted by atomic mass is 9.98. The third-order valence-corrected chi connectivity index (χ3v) is 2.63. The Balaban J connectivity index is 2.77. The maximum absolute atomic E-state index is 13.5. The summed E-state index contributed by atoms with van der Waals surface area (Å²) in [4.78, 5) is 0. The Hall–Kier alpha value is -2.05. The molecule has 0 saturated carbocycles. The zero-order valence-corrected chi connectivity index (χ0v) is 9.53. The maximum Gasteiger partial charge on any atom is 0.417 e. The van der Waals surface area contributed by atoms with Gasteiger partial charge in [-0.3, -0.25) is 0 Å². The third-order valence-electron chi connectivity index (χ3n) is 2.63. The van der Waals surface area contributed by atoms with Crippen LogP contribution >= 0.6 is 0 Å². The number of rotatable bonds is 1. The fourth-order valence-corrected chi connectivity index (χ4v) is 1.73. The van der Waals surface area contributed by atoms with Gasteiger partial charge in [-0.2, -0.15) is 13.2 Å². The van der Waals surface area contributed by atoms with E-state index in [0.717, 1.165) is 18.2 Å². The molecule has 7 heteroatoms. The van der Waals surface area contributed by atoms with Crippen molar-refractivity contribution in [1.29, 1.82) is 0 Å². The molecule has 0 radical (unpaired) electrons. The number of alkyl halides is 3. The zero-order chi connectivity index (χ0) is 15.1. The highest BCUT2D eigenvalue weighted by Crippen LogP contribution is 2.38. The first-order chi connectivity index (χ1) is 9.23. The van der Waals surface area contributed by atoms with Crippen LogP contribution in [0.5, 0.6) is 0 Å². The number of hydrogen-bond donors (Lipinski definition) is 0. The Morgan fingerprint density at radius 2 is 1.30 bits per heavy atom. The molecular formula is C13H5F7. The molecule has 0 atom stereocenters. The first-order valence-corrected chi connectivity index (χ1v) is 5.23. The van der Waals surface area contributed by atoms with E-state index in [1.54, 1.807) is 0 Å². The van der Waals surface area contributed by atoms with Crippen LogP contribution in [0.3, 0.4) is 0 Å². The Morgan fingerprint density at radius 3 is 1.90 bits per heavy atom. The van der Waals surface area contributed by atoms with E-state index < -0.39 is 46.1 Å². The summed E-state index contributed by atoms with van der Waals surface area (Å²) in [5.74, 6) is -7.87.